The average Bonchev–Trinajstić information content (AvgIpc) is 3.09. The molecule has 7 heteroatoms. The van der Waals surface area contributed by atoms with Crippen LogP contribution in [0.25, 0.3) is 0 Å². The second-order valence-corrected chi connectivity index (χ2v) is 10.5. The fourth-order valence-corrected chi connectivity index (χ4v) is 6.81. The summed E-state index contributed by atoms with van der Waals surface area (Å²) >= 11 is 0. The van der Waals surface area contributed by atoms with Crippen molar-refractivity contribution in [1.29, 1.82) is 0 Å². The topological polar surface area (TPSA) is 69.7 Å². The van der Waals surface area contributed by atoms with Crippen LogP contribution in [0.15, 0.2) is 59.5 Å². The Morgan fingerprint density at radius 3 is 2.33 bits per heavy atom. The number of hydrogen-bond donors (Lipinski definition) is 1. The van der Waals surface area contributed by atoms with Gasteiger partial charge in [0.25, 0.3) is 0 Å². The SMILES string of the molecule is O=C1CN(C2CCc3ccccc3C2)C2(CCN(S(=O)(=O)c3ccccc3)CC2)N1. The molecule has 2 aliphatic heterocycles. The Kier molecular flexibility index (Phi) is 4.92. The number of piperidine rings is 1. The van der Waals surface area contributed by atoms with E-state index in [9.17, 15) is 13.2 Å². The maximum absolute atomic E-state index is 13.0. The third-order valence-corrected chi connectivity index (χ3v) is 8.84. The molecule has 0 bridgehead atoms. The van der Waals surface area contributed by atoms with Crippen LogP contribution in [-0.4, -0.2) is 54.9 Å². The predicted octanol–water partition coefficient (Wildman–Crippen LogP) is 2.16. The number of aryl methyl sites for hydroxylation is 1. The molecule has 3 aliphatic rings. The number of nitrogens with one attached hydrogen (secondary N) is 1. The van der Waals surface area contributed by atoms with E-state index in [2.05, 4.69) is 34.5 Å². The first-order valence-electron chi connectivity index (χ1n) is 10.7. The van der Waals surface area contributed by atoms with E-state index in [1.54, 1.807) is 28.6 Å². The Hall–Kier alpha value is -2.22. The Morgan fingerprint density at radius 1 is 0.933 bits per heavy atom. The second kappa shape index (κ2) is 7.48. The van der Waals surface area contributed by atoms with Crippen molar-refractivity contribution in [2.45, 2.75) is 48.7 Å². The van der Waals surface area contributed by atoms with Crippen molar-refractivity contribution in [1.82, 2.24) is 14.5 Å². The normalized spacial score (nSPS) is 24.5. The van der Waals surface area contributed by atoms with Crippen molar-refractivity contribution >= 4 is 15.9 Å². The molecule has 0 radical (unpaired) electrons. The summed E-state index contributed by atoms with van der Waals surface area (Å²) in [6.45, 7) is 1.23. The minimum atomic E-state index is -3.50. The lowest BCUT2D eigenvalue weighted by Crippen LogP contribution is -2.61. The van der Waals surface area contributed by atoms with Crippen molar-refractivity contribution in [3.8, 4) is 0 Å². The van der Waals surface area contributed by atoms with Crippen LogP contribution in [0.3, 0.4) is 0 Å². The number of sulfonamides is 1. The van der Waals surface area contributed by atoms with E-state index in [0.717, 1.165) is 19.3 Å². The predicted molar refractivity (Wildman–Crippen MR) is 114 cm³/mol. The molecule has 30 heavy (non-hydrogen) atoms. The van der Waals surface area contributed by atoms with Gasteiger partial charge in [-0.3, -0.25) is 9.69 Å². The molecular formula is C23H27N3O3S. The van der Waals surface area contributed by atoms with Gasteiger partial charge in [0.15, 0.2) is 0 Å². The van der Waals surface area contributed by atoms with Gasteiger partial charge >= 0.3 is 0 Å². The number of nitrogens with zero attached hydrogens (tertiary/aromatic N) is 2. The summed E-state index contributed by atoms with van der Waals surface area (Å²) in [6.07, 6.45) is 4.22. The van der Waals surface area contributed by atoms with E-state index in [1.807, 2.05) is 6.07 Å². The first-order chi connectivity index (χ1) is 14.5. The molecule has 1 N–H and O–H groups in total. The monoisotopic (exact) mass is 425 g/mol. The molecule has 1 atom stereocenters. The largest absolute Gasteiger partial charge is 0.337 e. The van der Waals surface area contributed by atoms with E-state index < -0.39 is 15.7 Å². The van der Waals surface area contributed by atoms with E-state index in [-0.39, 0.29) is 5.91 Å². The van der Waals surface area contributed by atoms with Crippen LogP contribution in [0.1, 0.15) is 30.4 Å². The van der Waals surface area contributed by atoms with Gasteiger partial charge in [-0.05, 0) is 55.4 Å². The molecular weight excluding hydrogens is 398 g/mol. The van der Waals surface area contributed by atoms with Gasteiger partial charge in [-0.25, -0.2) is 8.42 Å². The number of fused-ring (bicyclic) bond motifs is 1. The summed E-state index contributed by atoms with van der Waals surface area (Å²) in [7, 11) is -3.50. The molecule has 5 rings (SSSR count). The first kappa shape index (κ1) is 19.7. The van der Waals surface area contributed by atoms with Gasteiger partial charge in [-0.2, -0.15) is 4.31 Å². The van der Waals surface area contributed by atoms with Crippen molar-refractivity contribution < 1.29 is 13.2 Å². The molecule has 2 heterocycles. The highest BCUT2D eigenvalue weighted by Gasteiger charge is 2.50. The molecule has 2 aromatic rings. The molecule has 6 nitrogen and oxygen atoms in total. The summed E-state index contributed by atoms with van der Waals surface area (Å²) in [5.74, 6) is 0.0493. The van der Waals surface area contributed by atoms with Gasteiger partial charge in [-0.15, -0.1) is 0 Å². The maximum atomic E-state index is 13.0. The fourth-order valence-electron chi connectivity index (χ4n) is 5.35. The molecule has 2 saturated heterocycles. The Bertz CT molecular complexity index is 1050. The summed E-state index contributed by atoms with van der Waals surface area (Å²) < 4.78 is 27.6. The van der Waals surface area contributed by atoms with Gasteiger partial charge in [0, 0.05) is 19.1 Å². The summed E-state index contributed by atoms with van der Waals surface area (Å²) in [4.78, 5) is 15.1. The maximum Gasteiger partial charge on any atom is 0.243 e. The van der Waals surface area contributed by atoms with Gasteiger partial charge in [0.05, 0.1) is 17.1 Å². The van der Waals surface area contributed by atoms with Crippen LogP contribution in [-0.2, 0) is 27.7 Å². The van der Waals surface area contributed by atoms with Gasteiger partial charge in [0.2, 0.25) is 15.9 Å². The molecule has 0 aromatic heterocycles. The highest BCUT2D eigenvalue weighted by molar-refractivity contribution is 7.89. The average molecular weight is 426 g/mol. The minimum Gasteiger partial charge on any atom is -0.337 e. The second-order valence-electron chi connectivity index (χ2n) is 8.59. The molecule has 0 saturated carbocycles. The lowest BCUT2D eigenvalue weighted by molar-refractivity contribution is -0.119. The highest BCUT2D eigenvalue weighted by Crippen LogP contribution is 2.37. The van der Waals surface area contributed by atoms with Crippen LogP contribution in [0.5, 0.6) is 0 Å². The van der Waals surface area contributed by atoms with E-state index in [4.69, 9.17) is 0 Å². The molecule has 2 aromatic carbocycles. The smallest absolute Gasteiger partial charge is 0.243 e. The zero-order chi connectivity index (χ0) is 20.8. The van der Waals surface area contributed by atoms with Crippen LogP contribution in [0.4, 0.5) is 0 Å². The molecule has 1 unspecified atom stereocenters. The lowest BCUT2D eigenvalue weighted by Gasteiger charge is -2.47. The van der Waals surface area contributed by atoms with Gasteiger partial charge < -0.3 is 5.32 Å². The Balaban J connectivity index is 1.34. The number of hydrogen-bond acceptors (Lipinski definition) is 4. The number of rotatable bonds is 3. The fraction of sp³-hybridized carbons (Fsp3) is 0.435. The van der Waals surface area contributed by atoms with Gasteiger partial charge in [0.1, 0.15) is 0 Å². The Morgan fingerprint density at radius 2 is 1.60 bits per heavy atom. The third kappa shape index (κ3) is 3.35. The molecule has 2 fully saturated rings. The molecule has 158 valence electrons. The number of carbonyl (C=O) groups excluding carboxylic acids is 1. The van der Waals surface area contributed by atoms with E-state index in [0.29, 0.717) is 43.4 Å². The van der Waals surface area contributed by atoms with Crippen LogP contribution < -0.4 is 5.32 Å². The first-order valence-corrected chi connectivity index (χ1v) is 12.1. The zero-order valence-corrected chi connectivity index (χ0v) is 17.8. The van der Waals surface area contributed by atoms with Gasteiger partial charge in [-0.1, -0.05) is 42.5 Å². The van der Waals surface area contributed by atoms with Crippen LogP contribution >= 0.6 is 0 Å². The molecule has 1 aliphatic carbocycles. The number of carbonyl (C=O) groups is 1. The summed E-state index contributed by atoms with van der Waals surface area (Å²) in [5.41, 5.74) is 2.34. The van der Waals surface area contributed by atoms with Crippen molar-refractivity contribution in [3.05, 3.63) is 65.7 Å². The van der Waals surface area contributed by atoms with E-state index in [1.165, 1.54) is 11.1 Å². The van der Waals surface area contributed by atoms with Crippen molar-refractivity contribution in [3.63, 3.8) is 0 Å². The Labute approximate surface area is 177 Å². The minimum absolute atomic E-state index is 0.0493. The molecule has 1 spiro atoms. The summed E-state index contributed by atoms with van der Waals surface area (Å²) in [6, 6.07) is 17.5. The third-order valence-electron chi connectivity index (χ3n) is 6.93. The van der Waals surface area contributed by atoms with Crippen molar-refractivity contribution in [2.24, 2.45) is 0 Å². The zero-order valence-electron chi connectivity index (χ0n) is 17.0. The standard InChI is InChI=1S/C23H27N3O3S/c27-22-17-26(20-11-10-18-6-4-5-7-19(18)16-20)23(24-22)12-14-25(15-13-23)30(28,29)21-8-2-1-3-9-21/h1-9,20H,10-17H2,(H,24,27). The quantitative estimate of drug-likeness (QED) is 0.818. The summed E-state index contributed by atoms with van der Waals surface area (Å²) in [5, 5.41) is 3.22. The number of amides is 1. The highest BCUT2D eigenvalue weighted by atomic mass is 32.2. The van der Waals surface area contributed by atoms with Crippen molar-refractivity contribution in [2.75, 3.05) is 19.6 Å². The van der Waals surface area contributed by atoms with Crippen LogP contribution in [0.2, 0.25) is 0 Å². The van der Waals surface area contributed by atoms with E-state index >= 15 is 0 Å². The molecule has 1 amide bonds. The number of benzene rings is 2. The van der Waals surface area contributed by atoms with Crippen LogP contribution in [0, 0.1) is 0 Å². The lowest BCUT2D eigenvalue weighted by atomic mass is 9.85.